The summed E-state index contributed by atoms with van der Waals surface area (Å²) in [5, 5.41) is 21.7. The molecule has 2 N–H and O–H groups in total. The van der Waals surface area contributed by atoms with E-state index < -0.39 is 5.41 Å². The minimum atomic E-state index is -0.626. The summed E-state index contributed by atoms with van der Waals surface area (Å²) in [6, 6.07) is 9.99. The molecule has 0 aliphatic rings. The van der Waals surface area contributed by atoms with Gasteiger partial charge in [-0.15, -0.1) is 11.3 Å². The third-order valence-electron chi connectivity index (χ3n) is 3.43. The molecular weight excluding hydrogens is 324 g/mol. The lowest BCUT2D eigenvalue weighted by atomic mass is 9.78. The van der Waals surface area contributed by atoms with Crippen molar-refractivity contribution in [2.75, 3.05) is 13.2 Å². The van der Waals surface area contributed by atoms with E-state index in [-0.39, 0.29) is 13.2 Å². The van der Waals surface area contributed by atoms with Crippen molar-refractivity contribution >= 4 is 27.3 Å². The second-order valence-electron chi connectivity index (χ2n) is 4.83. The summed E-state index contributed by atoms with van der Waals surface area (Å²) in [7, 11) is 0. The first-order valence-electron chi connectivity index (χ1n) is 6.12. The van der Waals surface area contributed by atoms with Crippen LogP contribution in [-0.2, 0) is 11.8 Å². The van der Waals surface area contributed by atoms with E-state index in [9.17, 15) is 10.2 Å². The van der Waals surface area contributed by atoms with E-state index >= 15 is 0 Å². The molecule has 4 heteroatoms. The molecule has 0 unspecified atom stereocenters. The summed E-state index contributed by atoms with van der Waals surface area (Å²) in [5.41, 5.74) is 1.49. The van der Waals surface area contributed by atoms with Crippen LogP contribution in [0.4, 0.5) is 0 Å². The normalized spacial score (nSPS) is 11.8. The van der Waals surface area contributed by atoms with Crippen molar-refractivity contribution in [1.29, 1.82) is 0 Å². The van der Waals surface area contributed by atoms with Crippen LogP contribution in [0.5, 0.6) is 0 Å². The highest BCUT2D eigenvalue weighted by atomic mass is 79.9. The van der Waals surface area contributed by atoms with Crippen LogP contribution >= 0.6 is 27.3 Å². The maximum absolute atomic E-state index is 9.84. The summed E-state index contributed by atoms with van der Waals surface area (Å²) in [6.07, 6.45) is 0.627. The highest BCUT2D eigenvalue weighted by molar-refractivity contribution is 9.10. The Morgan fingerprint density at radius 3 is 2.47 bits per heavy atom. The molecule has 2 aromatic rings. The van der Waals surface area contributed by atoms with E-state index in [0.717, 1.165) is 20.5 Å². The van der Waals surface area contributed by atoms with Gasteiger partial charge in [0.25, 0.3) is 0 Å². The molecule has 19 heavy (non-hydrogen) atoms. The maximum atomic E-state index is 9.84. The average Bonchev–Trinajstić information content (AvgIpc) is 2.81. The number of hydrogen-bond donors (Lipinski definition) is 2. The zero-order chi connectivity index (χ0) is 13.9. The van der Waals surface area contributed by atoms with Gasteiger partial charge in [0.2, 0.25) is 0 Å². The van der Waals surface area contributed by atoms with Gasteiger partial charge >= 0.3 is 0 Å². The Labute approximate surface area is 125 Å². The lowest BCUT2D eigenvalue weighted by molar-refractivity contribution is 0.116. The van der Waals surface area contributed by atoms with Gasteiger partial charge in [-0.05, 0) is 46.3 Å². The number of aryl methyl sites for hydroxylation is 1. The van der Waals surface area contributed by atoms with Crippen LogP contribution in [0.25, 0.3) is 0 Å². The smallest absolute Gasteiger partial charge is 0.0553 e. The second kappa shape index (κ2) is 6.18. The molecule has 0 saturated heterocycles. The minimum absolute atomic E-state index is 0.0721. The molecule has 0 spiro atoms. The summed E-state index contributed by atoms with van der Waals surface area (Å²) < 4.78 is 1.04. The number of hydrogen-bond acceptors (Lipinski definition) is 3. The lowest BCUT2D eigenvalue weighted by Gasteiger charge is -2.30. The second-order valence-corrected chi connectivity index (χ2v) is 6.69. The van der Waals surface area contributed by atoms with Gasteiger partial charge < -0.3 is 10.2 Å². The summed E-state index contributed by atoms with van der Waals surface area (Å²) in [4.78, 5) is 1.14. The van der Waals surface area contributed by atoms with Crippen molar-refractivity contribution in [2.24, 2.45) is 0 Å². The molecule has 1 aromatic heterocycles. The lowest BCUT2D eigenvalue weighted by Crippen LogP contribution is -2.37. The molecular formula is C15H17BrO2S. The molecule has 0 aliphatic carbocycles. The molecule has 1 aromatic carbocycles. The Hall–Kier alpha value is -0.680. The molecule has 2 rings (SSSR count). The number of halogens is 1. The first-order valence-corrected chi connectivity index (χ1v) is 7.79. The average molecular weight is 341 g/mol. The standard InChI is InChI=1S/C15H17BrO2S/c1-11-3-2-4-12(7-11)15(9-17,10-18)8-14-13(16)5-6-19-14/h2-7,17-18H,8-10H2,1H3. The van der Waals surface area contributed by atoms with Gasteiger partial charge in [0, 0.05) is 14.8 Å². The highest BCUT2D eigenvalue weighted by Gasteiger charge is 2.32. The van der Waals surface area contributed by atoms with Gasteiger partial charge in [0.15, 0.2) is 0 Å². The zero-order valence-corrected chi connectivity index (χ0v) is 13.2. The van der Waals surface area contributed by atoms with Crippen LogP contribution in [0.3, 0.4) is 0 Å². The third-order valence-corrected chi connectivity index (χ3v) is 5.35. The monoisotopic (exact) mass is 340 g/mol. The minimum Gasteiger partial charge on any atom is -0.395 e. The number of benzene rings is 1. The third kappa shape index (κ3) is 3.08. The van der Waals surface area contributed by atoms with Crippen LogP contribution in [0.1, 0.15) is 16.0 Å². The van der Waals surface area contributed by atoms with Crippen molar-refractivity contribution in [3.05, 3.63) is 56.2 Å². The Bertz CT molecular complexity index is 547. The molecule has 0 bridgehead atoms. The Morgan fingerprint density at radius 2 is 1.95 bits per heavy atom. The van der Waals surface area contributed by atoms with Crippen molar-refractivity contribution in [3.63, 3.8) is 0 Å². The van der Waals surface area contributed by atoms with E-state index in [1.54, 1.807) is 11.3 Å². The van der Waals surface area contributed by atoms with E-state index in [4.69, 9.17) is 0 Å². The van der Waals surface area contributed by atoms with E-state index in [1.165, 1.54) is 0 Å². The van der Waals surface area contributed by atoms with Crippen molar-refractivity contribution in [3.8, 4) is 0 Å². The van der Waals surface area contributed by atoms with Gasteiger partial charge in [0.1, 0.15) is 0 Å². The first-order chi connectivity index (χ1) is 9.11. The van der Waals surface area contributed by atoms with Crippen LogP contribution < -0.4 is 0 Å². The molecule has 0 saturated carbocycles. The number of thiophene rings is 1. The van der Waals surface area contributed by atoms with E-state index in [2.05, 4.69) is 15.9 Å². The predicted octanol–water partition coefficient (Wildman–Crippen LogP) is 3.28. The van der Waals surface area contributed by atoms with Gasteiger partial charge in [-0.3, -0.25) is 0 Å². The topological polar surface area (TPSA) is 40.5 Å². The highest BCUT2D eigenvalue weighted by Crippen LogP contribution is 2.33. The van der Waals surface area contributed by atoms with Crippen molar-refractivity contribution in [2.45, 2.75) is 18.8 Å². The molecule has 0 radical (unpaired) electrons. The summed E-state index contributed by atoms with van der Waals surface area (Å²) in [5.74, 6) is 0. The predicted molar refractivity (Wildman–Crippen MR) is 82.8 cm³/mol. The number of aliphatic hydroxyl groups excluding tert-OH is 2. The molecule has 0 atom stereocenters. The van der Waals surface area contributed by atoms with E-state index in [0.29, 0.717) is 6.42 Å². The molecule has 102 valence electrons. The maximum Gasteiger partial charge on any atom is 0.0553 e. The fraction of sp³-hybridized carbons (Fsp3) is 0.333. The summed E-state index contributed by atoms with van der Waals surface area (Å²) >= 11 is 5.15. The van der Waals surface area contributed by atoms with Crippen LogP contribution in [0, 0.1) is 6.92 Å². The number of aliphatic hydroxyl groups is 2. The Kier molecular flexibility index (Phi) is 4.79. The van der Waals surface area contributed by atoms with Gasteiger partial charge in [-0.1, -0.05) is 29.8 Å². The van der Waals surface area contributed by atoms with Gasteiger partial charge in [0.05, 0.1) is 13.2 Å². The van der Waals surface area contributed by atoms with Gasteiger partial charge in [-0.2, -0.15) is 0 Å². The molecule has 1 heterocycles. The Morgan fingerprint density at radius 1 is 1.21 bits per heavy atom. The molecule has 0 aliphatic heterocycles. The molecule has 2 nitrogen and oxygen atoms in total. The van der Waals surface area contributed by atoms with E-state index in [1.807, 2.05) is 42.6 Å². The SMILES string of the molecule is Cc1cccc(C(CO)(CO)Cc2sccc2Br)c1. The van der Waals surface area contributed by atoms with Crippen LogP contribution in [0.15, 0.2) is 40.2 Å². The Balaban J connectivity index is 2.40. The number of rotatable bonds is 5. The molecule has 0 amide bonds. The summed E-state index contributed by atoms with van der Waals surface area (Å²) in [6.45, 7) is 1.87. The fourth-order valence-corrected chi connectivity index (χ4v) is 3.82. The largest absolute Gasteiger partial charge is 0.395 e. The fourth-order valence-electron chi connectivity index (χ4n) is 2.18. The van der Waals surface area contributed by atoms with Gasteiger partial charge in [-0.25, -0.2) is 0 Å². The van der Waals surface area contributed by atoms with Crippen LogP contribution in [0.2, 0.25) is 0 Å². The molecule has 0 fully saturated rings. The zero-order valence-electron chi connectivity index (χ0n) is 10.8. The van der Waals surface area contributed by atoms with Crippen LogP contribution in [-0.4, -0.2) is 23.4 Å². The van der Waals surface area contributed by atoms with Crippen molar-refractivity contribution < 1.29 is 10.2 Å². The quantitative estimate of drug-likeness (QED) is 0.876. The first kappa shape index (κ1) is 14.7. The van der Waals surface area contributed by atoms with Crippen molar-refractivity contribution in [1.82, 2.24) is 0 Å².